The van der Waals surface area contributed by atoms with Crippen LogP contribution in [-0.2, 0) is 4.79 Å². The summed E-state index contributed by atoms with van der Waals surface area (Å²) in [4.78, 5) is 36.2. The van der Waals surface area contributed by atoms with Crippen LogP contribution < -0.4 is 10.6 Å². The molecular formula is C14H12N4O5. The first-order chi connectivity index (χ1) is 11.0. The Morgan fingerprint density at radius 2 is 1.87 bits per heavy atom. The van der Waals surface area contributed by atoms with Gasteiger partial charge in [0.2, 0.25) is 5.91 Å². The minimum Gasteiger partial charge on any atom is -0.478 e. The van der Waals surface area contributed by atoms with Gasteiger partial charge in [-0.05, 0) is 30.3 Å². The Kier molecular flexibility index (Phi) is 4.82. The van der Waals surface area contributed by atoms with E-state index in [-0.39, 0.29) is 23.7 Å². The molecule has 9 heteroatoms. The molecule has 0 saturated heterocycles. The number of hydrogen-bond acceptors (Lipinski definition) is 6. The second kappa shape index (κ2) is 6.98. The molecule has 0 aliphatic carbocycles. The number of aromatic carboxylic acids is 1. The van der Waals surface area contributed by atoms with Crippen LogP contribution in [0.2, 0.25) is 0 Å². The number of rotatable bonds is 6. The maximum absolute atomic E-state index is 11.8. The Bertz CT molecular complexity index is 728. The Labute approximate surface area is 130 Å². The summed E-state index contributed by atoms with van der Waals surface area (Å²) in [5.41, 5.74) is 0.438. The molecule has 1 aromatic carbocycles. The number of nitrogens with one attached hydrogen (secondary N) is 2. The van der Waals surface area contributed by atoms with Gasteiger partial charge < -0.3 is 15.7 Å². The Morgan fingerprint density at radius 3 is 2.39 bits per heavy atom. The smallest absolute Gasteiger partial charge is 0.335 e. The lowest BCUT2D eigenvalue weighted by atomic mass is 10.2. The van der Waals surface area contributed by atoms with E-state index in [4.69, 9.17) is 5.11 Å². The van der Waals surface area contributed by atoms with Crippen LogP contribution >= 0.6 is 0 Å². The van der Waals surface area contributed by atoms with Crippen LogP contribution in [0.4, 0.5) is 17.2 Å². The zero-order valence-corrected chi connectivity index (χ0v) is 11.7. The van der Waals surface area contributed by atoms with Gasteiger partial charge >= 0.3 is 5.97 Å². The van der Waals surface area contributed by atoms with Crippen LogP contribution in [0.25, 0.3) is 0 Å². The van der Waals surface area contributed by atoms with Gasteiger partial charge in [-0.3, -0.25) is 14.9 Å². The number of carboxylic acids is 1. The quantitative estimate of drug-likeness (QED) is 0.545. The zero-order chi connectivity index (χ0) is 16.8. The highest BCUT2D eigenvalue weighted by Crippen LogP contribution is 2.12. The molecule has 0 unspecified atom stereocenters. The molecule has 2 aromatic rings. The van der Waals surface area contributed by atoms with Crippen molar-refractivity contribution < 1.29 is 19.6 Å². The van der Waals surface area contributed by atoms with Crippen molar-refractivity contribution >= 4 is 29.1 Å². The number of nitro groups is 1. The molecule has 0 aliphatic heterocycles. The maximum atomic E-state index is 11.8. The number of pyridine rings is 1. The number of benzene rings is 1. The number of carbonyl (C=O) groups excluding carboxylic acids is 1. The van der Waals surface area contributed by atoms with E-state index in [1.807, 2.05) is 0 Å². The molecule has 0 aliphatic rings. The van der Waals surface area contributed by atoms with Gasteiger partial charge in [-0.1, -0.05) is 0 Å². The molecule has 1 aromatic heterocycles. The van der Waals surface area contributed by atoms with Crippen molar-refractivity contribution in [3.05, 3.63) is 58.3 Å². The number of aromatic nitrogens is 1. The second-order valence-electron chi connectivity index (χ2n) is 4.44. The molecule has 23 heavy (non-hydrogen) atoms. The molecule has 9 nitrogen and oxygen atoms in total. The number of amides is 1. The number of hydrogen-bond donors (Lipinski definition) is 3. The average molecular weight is 316 g/mol. The standard InChI is InChI=1S/C14H12N4O5/c19-13(17-10-3-1-9(2-4-10)14(20)21)8-16-12-6-5-11(7-15-12)18(22)23/h1-7H,8H2,(H,15,16)(H,17,19)(H,20,21). The number of carboxylic acid groups (broad SMARTS) is 1. The molecule has 0 fully saturated rings. The SMILES string of the molecule is O=C(CNc1ccc([N+](=O)[O-])cn1)Nc1ccc(C(=O)O)cc1. The fourth-order valence-electron chi connectivity index (χ4n) is 1.67. The van der Waals surface area contributed by atoms with Crippen molar-refractivity contribution in [2.45, 2.75) is 0 Å². The molecule has 0 saturated carbocycles. The van der Waals surface area contributed by atoms with Gasteiger partial charge in [0.05, 0.1) is 17.0 Å². The minimum absolute atomic E-state index is 0.0918. The molecule has 1 amide bonds. The van der Waals surface area contributed by atoms with Crippen LogP contribution in [0.5, 0.6) is 0 Å². The molecular weight excluding hydrogens is 304 g/mol. The van der Waals surface area contributed by atoms with E-state index in [1.165, 1.54) is 36.4 Å². The third-order valence-electron chi connectivity index (χ3n) is 2.80. The van der Waals surface area contributed by atoms with Crippen LogP contribution in [0.15, 0.2) is 42.6 Å². The average Bonchev–Trinajstić information content (AvgIpc) is 2.54. The third-order valence-corrected chi connectivity index (χ3v) is 2.80. The first kappa shape index (κ1) is 15.9. The largest absolute Gasteiger partial charge is 0.478 e. The van der Waals surface area contributed by atoms with Crippen LogP contribution in [-0.4, -0.2) is 33.4 Å². The first-order valence-electron chi connectivity index (χ1n) is 6.43. The summed E-state index contributed by atoms with van der Waals surface area (Å²) >= 11 is 0. The molecule has 0 bridgehead atoms. The van der Waals surface area contributed by atoms with Crippen LogP contribution in [0, 0.1) is 10.1 Å². The lowest BCUT2D eigenvalue weighted by molar-refractivity contribution is -0.385. The highest BCUT2D eigenvalue weighted by atomic mass is 16.6. The fourth-order valence-corrected chi connectivity index (χ4v) is 1.67. The van der Waals surface area contributed by atoms with Crippen molar-refractivity contribution in [2.75, 3.05) is 17.2 Å². The maximum Gasteiger partial charge on any atom is 0.335 e. The van der Waals surface area contributed by atoms with Gasteiger partial charge in [0.25, 0.3) is 5.69 Å². The Morgan fingerprint density at radius 1 is 1.17 bits per heavy atom. The van der Waals surface area contributed by atoms with Crippen molar-refractivity contribution in [3.8, 4) is 0 Å². The fraction of sp³-hybridized carbons (Fsp3) is 0.0714. The van der Waals surface area contributed by atoms with Gasteiger partial charge in [-0.15, -0.1) is 0 Å². The predicted octanol–water partition coefficient (Wildman–Crippen LogP) is 1.74. The lowest BCUT2D eigenvalue weighted by Crippen LogP contribution is -2.22. The van der Waals surface area contributed by atoms with Crippen molar-refractivity contribution in [1.29, 1.82) is 0 Å². The molecule has 2 rings (SSSR count). The van der Waals surface area contributed by atoms with Crippen LogP contribution in [0.1, 0.15) is 10.4 Å². The van der Waals surface area contributed by atoms with Gasteiger partial charge in [-0.2, -0.15) is 0 Å². The third kappa shape index (κ3) is 4.49. The van der Waals surface area contributed by atoms with Crippen molar-refractivity contribution in [2.24, 2.45) is 0 Å². The summed E-state index contributed by atoms with van der Waals surface area (Å²) in [5, 5.41) is 24.6. The minimum atomic E-state index is -1.05. The molecule has 1 heterocycles. The molecule has 0 atom stereocenters. The van der Waals surface area contributed by atoms with Gasteiger partial charge in [-0.25, -0.2) is 9.78 Å². The van der Waals surface area contributed by atoms with E-state index < -0.39 is 10.9 Å². The van der Waals surface area contributed by atoms with Gasteiger partial charge in [0.1, 0.15) is 12.0 Å². The van der Waals surface area contributed by atoms with Crippen LogP contribution in [0.3, 0.4) is 0 Å². The normalized spacial score (nSPS) is 9.91. The topological polar surface area (TPSA) is 134 Å². The summed E-state index contributed by atoms with van der Waals surface area (Å²) in [7, 11) is 0. The summed E-state index contributed by atoms with van der Waals surface area (Å²) in [6.45, 7) is -0.0918. The number of nitrogens with zero attached hydrogens (tertiary/aromatic N) is 2. The number of anilines is 2. The second-order valence-corrected chi connectivity index (χ2v) is 4.44. The molecule has 118 valence electrons. The van der Waals surface area contributed by atoms with Gasteiger partial charge in [0, 0.05) is 11.8 Å². The van der Waals surface area contributed by atoms with E-state index in [2.05, 4.69) is 15.6 Å². The lowest BCUT2D eigenvalue weighted by Gasteiger charge is -2.07. The highest BCUT2D eigenvalue weighted by Gasteiger charge is 2.07. The van der Waals surface area contributed by atoms with E-state index >= 15 is 0 Å². The monoisotopic (exact) mass is 316 g/mol. The molecule has 0 radical (unpaired) electrons. The Balaban J connectivity index is 1.87. The number of carbonyl (C=O) groups is 2. The summed E-state index contributed by atoms with van der Waals surface area (Å²) in [6, 6.07) is 8.38. The first-order valence-corrected chi connectivity index (χ1v) is 6.43. The molecule has 3 N–H and O–H groups in total. The van der Waals surface area contributed by atoms with Crippen molar-refractivity contribution in [1.82, 2.24) is 4.98 Å². The van der Waals surface area contributed by atoms with E-state index in [0.717, 1.165) is 6.20 Å². The van der Waals surface area contributed by atoms with E-state index in [9.17, 15) is 19.7 Å². The Hall–Kier alpha value is -3.49. The summed E-state index contributed by atoms with van der Waals surface area (Å²) in [6.07, 6.45) is 1.09. The summed E-state index contributed by atoms with van der Waals surface area (Å²) in [5.74, 6) is -1.09. The van der Waals surface area contributed by atoms with Crippen molar-refractivity contribution in [3.63, 3.8) is 0 Å². The van der Waals surface area contributed by atoms with E-state index in [1.54, 1.807) is 0 Å². The summed E-state index contributed by atoms with van der Waals surface area (Å²) < 4.78 is 0. The zero-order valence-electron chi connectivity index (χ0n) is 11.7. The molecule has 0 spiro atoms. The van der Waals surface area contributed by atoms with Gasteiger partial charge in [0.15, 0.2) is 0 Å². The van der Waals surface area contributed by atoms with E-state index in [0.29, 0.717) is 11.5 Å². The predicted molar refractivity (Wildman–Crippen MR) is 81.4 cm³/mol. The highest BCUT2D eigenvalue weighted by molar-refractivity contribution is 5.94.